The highest BCUT2D eigenvalue weighted by Gasteiger charge is 2.52. The van der Waals surface area contributed by atoms with Gasteiger partial charge in [-0.2, -0.15) is 0 Å². The molecule has 1 aliphatic carbocycles. The summed E-state index contributed by atoms with van der Waals surface area (Å²) in [5.74, 6) is -1.83. The van der Waals surface area contributed by atoms with E-state index < -0.39 is 18.0 Å². The summed E-state index contributed by atoms with van der Waals surface area (Å²) in [5.41, 5.74) is 1.71. The molecule has 0 radical (unpaired) electrons. The summed E-state index contributed by atoms with van der Waals surface area (Å²) in [6, 6.07) is 5.06. The van der Waals surface area contributed by atoms with Crippen LogP contribution in [0.2, 0.25) is 0 Å². The van der Waals surface area contributed by atoms with Crippen molar-refractivity contribution in [3.63, 3.8) is 0 Å². The van der Waals surface area contributed by atoms with Crippen LogP contribution in [0.5, 0.6) is 0 Å². The summed E-state index contributed by atoms with van der Waals surface area (Å²) >= 11 is 3.44. The Labute approximate surface area is 178 Å². The minimum atomic E-state index is -0.952. The van der Waals surface area contributed by atoms with Crippen LogP contribution >= 0.6 is 15.9 Å². The SMILES string of the molecule is CC1(C)C[C@@H]2C[C@](C)(CN2[C@H](C(=O)O)c2cn(CC(=O)O)c3cc(Br)ccc23)C1. The number of hydrogen-bond acceptors (Lipinski definition) is 3. The van der Waals surface area contributed by atoms with E-state index in [4.69, 9.17) is 0 Å². The molecule has 3 atom stereocenters. The highest BCUT2D eigenvalue weighted by atomic mass is 79.9. The fraction of sp³-hybridized carbons (Fsp3) is 0.545. The topological polar surface area (TPSA) is 82.8 Å². The Morgan fingerprint density at radius 1 is 1.24 bits per heavy atom. The zero-order chi connectivity index (χ0) is 21.1. The van der Waals surface area contributed by atoms with Gasteiger partial charge in [-0.15, -0.1) is 0 Å². The zero-order valence-electron chi connectivity index (χ0n) is 17.0. The van der Waals surface area contributed by atoms with E-state index in [0.717, 1.165) is 41.2 Å². The number of rotatable bonds is 5. The number of fused-ring (bicyclic) bond motifs is 3. The lowest BCUT2D eigenvalue weighted by atomic mass is 9.65. The Morgan fingerprint density at radius 2 is 1.97 bits per heavy atom. The second-order valence-corrected chi connectivity index (χ2v) is 10.8. The summed E-state index contributed by atoms with van der Waals surface area (Å²) < 4.78 is 2.47. The molecule has 2 bridgehead atoms. The monoisotopic (exact) mass is 462 g/mol. The molecular weight excluding hydrogens is 436 g/mol. The van der Waals surface area contributed by atoms with E-state index in [1.807, 2.05) is 18.2 Å². The van der Waals surface area contributed by atoms with Crippen LogP contribution < -0.4 is 0 Å². The molecule has 2 heterocycles. The first-order valence-electron chi connectivity index (χ1n) is 9.97. The van der Waals surface area contributed by atoms with Crippen molar-refractivity contribution in [2.24, 2.45) is 10.8 Å². The second-order valence-electron chi connectivity index (χ2n) is 9.89. The third-order valence-electron chi connectivity index (χ3n) is 6.50. The lowest BCUT2D eigenvalue weighted by molar-refractivity contribution is -0.144. The average Bonchev–Trinajstić information content (AvgIpc) is 3.01. The van der Waals surface area contributed by atoms with Gasteiger partial charge in [-0.3, -0.25) is 14.5 Å². The van der Waals surface area contributed by atoms with Gasteiger partial charge in [0, 0.05) is 34.2 Å². The lowest BCUT2D eigenvalue weighted by Crippen LogP contribution is -2.39. The van der Waals surface area contributed by atoms with E-state index in [1.165, 1.54) is 0 Å². The Morgan fingerprint density at radius 3 is 2.62 bits per heavy atom. The molecule has 4 rings (SSSR count). The van der Waals surface area contributed by atoms with Crippen molar-refractivity contribution in [3.05, 3.63) is 34.4 Å². The number of likely N-dealkylation sites (tertiary alicyclic amines) is 1. The molecule has 0 spiro atoms. The molecule has 2 aromatic rings. The molecule has 156 valence electrons. The Balaban J connectivity index is 1.82. The largest absolute Gasteiger partial charge is 0.480 e. The zero-order valence-corrected chi connectivity index (χ0v) is 18.6. The average molecular weight is 463 g/mol. The Hall–Kier alpha value is -1.86. The number of aliphatic carboxylic acids is 2. The number of carboxylic acid groups (broad SMARTS) is 2. The van der Waals surface area contributed by atoms with E-state index in [1.54, 1.807) is 10.8 Å². The van der Waals surface area contributed by atoms with Gasteiger partial charge in [0.2, 0.25) is 0 Å². The molecule has 1 saturated carbocycles. The smallest absolute Gasteiger partial charge is 0.325 e. The molecule has 29 heavy (non-hydrogen) atoms. The van der Waals surface area contributed by atoms with Crippen molar-refractivity contribution in [2.45, 2.75) is 58.7 Å². The predicted octanol–water partition coefficient (Wildman–Crippen LogP) is 4.51. The normalized spacial score (nSPS) is 27.2. The minimum Gasteiger partial charge on any atom is -0.480 e. The Bertz CT molecular complexity index is 998. The summed E-state index contributed by atoms with van der Waals surface area (Å²) in [5, 5.41) is 20.4. The first-order chi connectivity index (χ1) is 13.5. The van der Waals surface area contributed by atoms with Crippen molar-refractivity contribution in [1.82, 2.24) is 9.47 Å². The van der Waals surface area contributed by atoms with Crippen LogP contribution in [0.15, 0.2) is 28.9 Å². The standard InChI is InChI=1S/C22H27BrN2O4/c1-21(2)7-14-8-22(3,11-21)12-25(14)19(20(28)29)16-9-24(10-18(26)27)17-6-13(23)4-5-15(16)17/h4-6,9,14,19H,7-8,10-12H2,1-3H3,(H,26,27)(H,28,29)/t14-,19+,22+/m1/s1. The van der Waals surface area contributed by atoms with Crippen molar-refractivity contribution in [2.75, 3.05) is 6.54 Å². The van der Waals surface area contributed by atoms with Crippen molar-refractivity contribution < 1.29 is 19.8 Å². The van der Waals surface area contributed by atoms with Gasteiger partial charge in [-0.05, 0) is 42.2 Å². The minimum absolute atomic E-state index is 0.114. The maximum atomic E-state index is 12.5. The molecular formula is C22H27BrN2O4. The molecule has 6 nitrogen and oxygen atoms in total. The number of aromatic nitrogens is 1. The molecule has 0 unspecified atom stereocenters. The van der Waals surface area contributed by atoms with Gasteiger partial charge in [-0.25, -0.2) is 0 Å². The van der Waals surface area contributed by atoms with Gasteiger partial charge in [0.1, 0.15) is 12.6 Å². The summed E-state index contributed by atoms with van der Waals surface area (Å²) in [6.45, 7) is 7.36. The van der Waals surface area contributed by atoms with E-state index in [9.17, 15) is 19.8 Å². The van der Waals surface area contributed by atoms with Gasteiger partial charge in [-0.1, -0.05) is 42.8 Å². The molecule has 1 aliphatic heterocycles. The van der Waals surface area contributed by atoms with Crippen molar-refractivity contribution >= 4 is 38.8 Å². The first kappa shape index (κ1) is 20.4. The number of nitrogens with zero attached hydrogens (tertiary/aromatic N) is 2. The van der Waals surface area contributed by atoms with Crippen molar-refractivity contribution in [3.8, 4) is 0 Å². The molecule has 0 amide bonds. The number of carboxylic acids is 2. The van der Waals surface area contributed by atoms with Crippen molar-refractivity contribution in [1.29, 1.82) is 0 Å². The van der Waals surface area contributed by atoms with E-state index in [2.05, 4.69) is 41.6 Å². The van der Waals surface area contributed by atoms with Gasteiger partial charge >= 0.3 is 11.9 Å². The number of carbonyl (C=O) groups is 2. The lowest BCUT2D eigenvalue weighted by Gasteiger charge is -2.40. The fourth-order valence-electron chi connectivity index (χ4n) is 6.05. The van der Waals surface area contributed by atoms with Crippen LogP contribution in [0.3, 0.4) is 0 Å². The van der Waals surface area contributed by atoms with Gasteiger partial charge < -0.3 is 14.8 Å². The summed E-state index contributed by atoms with van der Waals surface area (Å²) in [7, 11) is 0. The highest BCUT2D eigenvalue weighted by molar-refractivity contribution is 9.10. The molecule has 2 aliphatic rings. The van der Waals surface area contributed by atoms with Crippen LogP contribution in [0.4, 0.5) is 0 Å². The molecule has 1 aromatic carbocycles. The van der Waals surface area contributed by atoms with E-state index >= 15 is 0 Å². The molecule has 7 heteroatoms. The third kappa shape index (κ3) is 3.70. The van der Waals surface area contributed by atoms with Gasteiger partial charge in [0.25, 0.3) is 0 Å². The maximum absolute atomic E-state index is 12.5. The predicted molar refractivity (Wildman–Crippen MR) is 114 cm³/mol. The van der Waals surface area contributed by atoms with E-state index in [0.29, 0.717) is 5.56 Å². The fourth-order valence-corrected chi connectivity index (χ4v) is 6.40. The highest BCUT2D eigenvalue weighted by Crippen LogP contribution is 2.54. The number of hydrogen-bond donors (Lipinski definition) is 2. The van der Waals surface area contributed by atoms with E-state index in [-0.39, 0.29) is 23.4 Å². The van der Waals surface area contributed by atoms with Crippen LogP contribution in [0.25, 0.3) is 10.9 Å². The Kier molecular flexibility index (Phi) is 4.82. The quantitative estimate of drug-likeness (QED) is 0.682. The number of halogens is 1. The number of benzene rings is 1. The van der Waals surface area contributed by atoms with Crippen LogP contribution in [-0.2, 0) is 16.1 Å². The molecule has 1 saturated heterocycles. The summed E-state index contributed by atoms with van der Waals surface area (Å²) in [6.07, 6.45) is 4.80. The first-order valence-corrected chi connectivity index (χ1v) is 10.8. The summed E-state index contributed by atoms with van der Waals surface area (Å²) in [4.78, 5) is 26.0. The third-order valence-corrected chi connectivity index (χ3v) is 6.99. The van der Waals surface area contributed by atoms with Crippen LogP contribution in [0, 0.1) is 10.8 Å². The van der Waals surface area contributed by atoms with Crippen LogP contribution in [-0.4, -0.2) is 44.2 Å². The maximum Gasteiger partial charge on any atom is 0.325 e. The van der Waals surface area contributed by atoms with Crippen LogP contribution in [0.1, 0.15) is 51.6 Å². The van der Waals surface area contributed by atoms with Gasteiger partial charge in [0.05, 0.1) is 5.52 Å². The molecule has 2 fully saturated rings. The van der Waals surface area contributed by atoms with Gasteiger partial charge in [0.15, 0.2) is 0 Å². The molecule has 2 N–H and O–H groups in total. The second kappa shape index (κ2) is 6.84. The molecule has 1 aromatic heterocycles.